The van der Waals surface area contributed by atoms with Crippen molar-refractivity contribution in [3.8, 4) is 0 Å². The van der Waals surface area contributed by atoms with Gasteiger partial charge in [0.05, 0.1) is 0 Å². The van der Waals surface area contributed by atoms with Gasteiger partial charge in [0, 0.05) is 31.6 Å². The van der Waals surface area contributed by atoms with Crippen LogP contribution in [0.4, 0.5) is 10.5 Å². The zero-order chi connectivity index (χ0) is 15.2. The topological polar surface area (TPSA) is 106 Å². The third-order valence-electron chi connectivity index (χ3n) is 3.05. The number of carbonyl (C=O) groups excluding carboxylic acids is 1. The number of aryl methyl sites for hydroxylation is 1. The van der Waals surface area contributed by atoms with E-state index in [0.717, 1.165) is 12.1 Å². The Kier molecular flexibility index (Phi) is 4.89. The molecule has 1 unspecified atom stereocenters. The molecule has 0 aliphatic carbocycles. The fraction of sp³-hybridized carbons (Fsp3) is 0.357. The molecule has 1 aromatic carbocycles. The zero-order valence-electron chi connectivity index (χ0n) is 12.1. The summed E-state index contributed by atoms with van der Waals surface area (Å²) in [5, 5.41) is 9.76. The second-order valence-electron chi connectivity index (χ2n) is 4.77. The fourth-order valence-electron chi connectivity index (χ4n) is 1.96. The van der Waals surface area contributed by atoms with Crippen LogP contribution in [0.15, 0.2) is 28.8 Å². The number of nitrogens with zero attached hydrogens (tertiary/aromatic N) is 2. The third kappa shape index (κ3) is 4.57. The summed E-state index contributed by atoms with van der Waals surface area (Å²) in [4.78, 5) is 14.9. The number of hydrogen-bond donors (Lipinski definition) is 3. The number of rotatable bonds is 6. The predicted molar refractivity (Wildman–Crippen MR) is 78.8 cm³/mol. The lowest BCUT2D eigenvalue weighted by molar-refractivity contribution is 0.259. The van der Waals surface area contributed by atoms with Crippen molar-refractivity contribution in [2.75, 3.05) is 11.9 Å². The molecule has 112 valence electrons. The highest BCUT2D eigenvalue weighted by atomic mass is 16.5. The van der Waals surface area contributed by atoms with Gasteiger partial charge < -0.3 is 20.9 Å². The summed E-state index contributed by atoms with van der Waals surface area (Å²) in [7, 11) is 0. The molecule has 0 saturated carbocycles. The van der Waals surface area contributed by atoms with Gasteiger partial charge in [0.2, 0.25) is 5.89 Å². The number of carbonyl (C=O) groups is 1. The van der Waals surface area contributed by atoms with Crippen LogP contribution in [-0.2, 0) is 6.42 Å². The highest BCUT2D eigenvalue weighted by Crippen LogP contribution is 2.15. The lowest BCUT2D eigenvalue weighted by atomic mass is 10.1. The maximum absolute atomic E-state index is 10.7. The molecule has 4 N–H and O–H groups in total. The molecule has 0 saturated heterocycles. The Balaban J connectivity index is 1.82. The number of aromatic nitrogens is 2. The molecule has 7 heteroatoms. The Morgan fingerprint density at radius 3 is 2.67 bits per heavy atom. The Hall–Kier alpha value is -2.41. The van der Waals surface area contributed by atoms with Gasteiger partial charge in [0.25, 0.3) is 0 Å². The average Bonchev–Trinajstić information content (AvgIpc) is 2.84. The summed E-state index contributed by atoms with van der Waals surface area (Å²) in [5.74, 6) is 1.28. The van der Waals surface area contributed by atoms with Gasteiger partial charge in [-0.25, -0.2) is 4.79 Å². The molecule has 2 rings (SSSR count). The predicted octanol–water partition coefficient (Wildman–Crippen LogP) is 1.76. The highest BCUT2D eigenvalue weighted by Gasteiger charge is 2.07. The first-order valence-electron chi connectivity index (χ1n) is 6.73. The molecule has 2 amide bonds. The normalized spacial score (nSPS) is 12.1. The maximum Gasteiger partial charge on any atom is 0.316 e. The first-order valence-corrected chi connectivity index (χ1v) is 6.73. The van der Waals surface area contributed by atoms with Gasteiger partial charge in [-0.3, -0.25) is 0 Å². The molecular weight excluding hydrogens is 270 g/mol. The minimum Gasteiger partial charge on any atom is -0.351 e. The summed E-state index contributed by atoms with van der Waals surface area (Å²) >= 11 is 0. The van der Waals surface area contributed by atoms with Crippen LogP contribution in [0.2, 0.25) is 0 Å². The van der Waals surface area contributed by atoms with Gasteiger partial charge in [0.1, 0.15) is 0 Å². The number of benzene rings is 1. The number of hydrogen-bond acceptors (Lipinski definition) is 5. The number of amides is 2. The molecule has 0 aliphatic heterocycles. The van der Waals surface area contributed by atoms with Crippen molar-refractivity contribution in [1.82, 2.24) is 15.5 Å². The lowest BCUT2D eigenvalue weighted by Crippen LogP contribution is -2.22. The Morgan fingerprint density at radius 1 is 1.38 bits per heavy atom. The van der Waals surface area contributed by atoms with Crippen molar-refractivity contribution in [3.63, 3.8) is 0 Å². The van der Waals surface area contributed by atoms with Crippen LogP contribution >= 0.6 is 0 Å². The van der Waals surface area contributed by atoms with Gasteiger partial charge in [-0.1, -0.05) is 17.3 Å². The van der Waals surface area contributed by atoms with Crippen LogP contribution in [0.1, 0.15) is 30.2 Å². The lowest BCUT2D eigenvalue weighted by Gasteiger charge is -2.14. The summed E-state index contributed by atoms with van der Waals surface area (Å²) in [6.45, 7) is 4.59. The standard InChI is InChI=1S/C14H19N5O2/c1-9(16-8-7-13-17-10(2)21-19-13)11-3-5-12(6-4-11)18-14(15)20/h3-6,9,16H,7-8H2,1-2H3,(H3,15,18,20). The zero-order valence-corrected chi connectivity index (χ0v) is 12.1. The monoisotopic (exact) mass is 289 g/mol. The van der Waals surface area contributed by atoms with Crippen LogP contribution in [0.3, 0.4) is 0 Å². The quantitative estimate of drug-likeness (QED) is 0.751. The second kappa shape index (κ2) is 6.85. The van der Waals surface area contributed by atoms with Gasteiger partial charge in [-0.15, -0.1) is 0 Å². The van der Waals surface area contributed by atoms with Gasteiger partial charge in [-0.05, 0) is 24.6 Å². The minimum absolute atomic E-state index is 0.181. The van der Waals surface area contributed by atoms with Crippen LogP contribution in [0.25, 0.3) is 0 Å². The molecule has 7 nitrogen and oxygen atoms in total. The van der Waals surface area contributed by atoms with Crippen LogP contribution in [0.5, 0.6) is 0 Å². The van der Waals surface area contributed by atoms with Crippen LogP contribution in [0, 0.1) is 6.92 Å². The molecule has 0 radical (unpaired) electrons. The molecule has 21 heavy (non-hydrogen) atoms. The summed E-state index contributed by atoms with van der Waals surface area (Å²) in [6.07, 6.45) is 0.711. The van der Waals surface area contributed by atoms with Gasteiger partial charge in [-0.2, -0.15) is 4.98 Å². The number of anilines is 1. The van der Waals surface area contributed by atoms with Crippen molar-refractivity contribution >= 4 is 11.7 Å². The smallest absolute Gasteiger partial charge is 0.316 e. The number of urea groups is 1. The van der Waals surface area contributed by atoms with E-state index in [4.69, 9.17) is 10.3 Å². The van der Waals surface area contributed by atoms with Crippen molar-refractivity contribution in [2.24, 2.45) is 5.73 Å². The largest absolute Gasteiger partial charge is 0.351 e. The number of nitrogens with two attached hydrogens (primary N) is 1. The van der Waals surface area contributed by atoms with Crippen molar-refractivity contribution in [3.05, 3.63) is 41.5 Å². The van der Waals surface area contributed by atoms with E-state index in [-0.39, 0.29) is 6.04 Å². The van der Waals surface area contributed by atoms with E-state index in [0.29, 0.717) is 23.8 Å². The SMILES string of the molecule is Cc1nc(CCNC(C)c2ccc(NC(N)=O)cc2)no1. The summed E-state index contributed by atoms with van der Waals surface area (Å²) in [5.41, 5.74) is 6.86. The highest BCUT2D eigenvalue weighted by molar-refractivity contribution is 5.87. The number of nitrogens with one attached hydrogen (secondary N) is 2. The second-order valence-corrected chi connectivity index (χ2v) is 4.77. The molecular formula is C14H19N5O2. The molecule has 0 fully saturated rings. The fourth-order valence-corrected chi connectivity index (χ4v) is 1.96. The van der Waals surface area contributed by atoms with Gasteiger partial charge in [0.15, 0.2) is 5.82 Å². The summed E-state index contributed by atoms with van der Waals surface area (Å²) < 4.78 is 4.92. The van der Waals surface area contributed by atoms with Crippen molar-refractivity contribution in [2.45, 2.75) is 26.3 Å². The maximum atomic E-state index is 10.7. The molecule has 1 aromatic heterocycles. The molecule has 0 aliphatic rings. The molecule has 0 bridgehead atoms. The first-order chi connectivity index (χ1) is 10.0. The van der Waals surface area contributed by atoms with E-state index in [1.807, 2.05) is 24.3 Å². The van der Waals surface area contributed by atoms with E-state index in [1.54, 1.807) is 6.92 Å². The van der Waals surface area contributed by atoms with Crippen LogP contribution < -0.4 is 16.4 Å². The van der Waals surface area contributed by atoms with E-state index >= 15 is 0 Å². The van der Waals surface area contributed by atoms with E-state index in [2.05, 4.69) is 27.7 Å². The van der Waals surface area contributed by atoms with E-state index in [9.17, 15) is 4.79 Å². The third-order valence-corrected chi connectivity index (χ3v) is 3.05. The van der Waals surface area contributed by atoms with E-state index in [1.165, 1.54) is 0 Å². The summed E-state index contributed by atoms with van der Waals surface area (Å²) in [6, 6.07) is 7.15. The Bertz CT molecular complexity index is 594. The molecule has 1 heterocycles. The van der Waals surface area contributed by atoms with Crippen LogP contribution in [-0.4, -0.2) is 22.7 Å². The first kappa shape index (κ1) is 15.0. The minimum atomic E-state index is -0.565. The van der Waals surface area contributed by atoms with E-state index < -0.39 is 6.03 Å². The molecule has 2 aromatic rings. The average molecular weight is 289 g/mol. The molecule has 1 atom stereocenters. The van der Waals surface area contributed by atoms with Crippen molar-refractivity contribution in [1.29, 1.82) is 0 Å². The van der Waals surface area contributed by atoms with Crippen molar-refractivity contribution < 1.29 is 9.32 Å². The van der Waals surface area contributed by atoms with Gasteiger partial charge >= 0.3 is 6.03 Å². The molecule has 0 spiro atoms. The Labute approximate surface area is 122 Å². The number of primary amides is 1. The Morgan fingerprint density at radius 2 is 2.10 bits per heavy atom.